The number of furan rings is 1. The quantitative estimate of drug-likeness (QED) is 0.302. The fraction of sp³-hybridized carbons (Fsp3) is 0.250. The second-order valence-electron chi connectivity index (χ2n) is 9.00. The maximum atomic E-state index is 5.97. The van der Waals surface area contributed by atoms with E-state index >= 15 is 0 Å². The minimum absolute atomic E-state index is 0.395. The second-order valence-corrected chi connectivity index (χ2v) is 9.00. The summed E-state index contributed by atoms with van der Waals surface area (Å²) in [5.41, 5.74) is 9.14. The number of imidazole rings is 1. The summed E-state index contributed by atoms with van der Waals surface area (Å²) in [7, 11) is 0. The van der Waals surface area contributed by atoms with Gasteiger partial charge in [-0.15, -0.1) is 0 Å². The van der Waals surface area contributed by atoms with Crippen LogP contribution in [-0.4, -0.2) is 9.55 Å². The molecule has 3 aromatic carbocycles. The van der Waals surface area contributed by atoms with Crippen LogP contribution >= 0.6 is 0 Å². The molecule has 0 saturated heterocycles. The zero-order chi connectivity index (χ0) is 21.7. The highest BCUT2D eigenvalue weighted by Crippen LogP contribution is 2.39. The zero-order valence-electron chi connectivity index (χ0n) is 18.8. The summed E-state index contributed by atoms with van der Waals surface area (Å²) in [5, 5.41) is 1.09. The maximum absolute atomic E-state index is 5.97. The van der Waals surface area contributed by atoms with Gasteiger partial charge in [0.25, 0.3) is 0 Å². The number of aryl methyl sites for hydroxylation is 1. The normalized spacial score (nSPS) is 12.0. The predicted molar refractivity (Wildman–Crippen MR) is 129 cm³/mol. The van der Waals surface area contributed by atoms with Gasteiger partial charge < -0.3 is 4.42 Å². The van der Waals surface area contributed by atoms with E-state index in [1.54, 1.807) is 0 Å². The third kappa shape index (κ3) is 3.16. The van der Waals surface area contributed by atoms with Gasteiger partial charge in [0, 0.05) is 5.39 Å². The molecule has 2 heterocycles. The predicted octanol–water partition coefficient (Wildman–Crippen LogP) is 7.99. The summed E-state index contributed by atoms with van der Waals surface area (Å²) >= 11 is 0. The van der Waals surface area contributed by atoms with Gasteiger partial charge in [0.05, 0.1) is 22.3 Å². The molecule has 5 aromatic rings. The van der Waals surface area contributed by atoms with E-state index in [9.17, 15) is 0 Å². The average Bonchev–Trinajstić information content (AvgIpc) is 3.33. The number of fused-ring (bicyclic) bond motifs is 2. The molecule has 0 saturated carbocycles. The SMILES string of the molecule is Cc1ccc2c(-c3nc4ccccc4n3-c3c(C(C)C)cccc3C(C)C)coc2c1. The first-order valence-electron chi connectivity index (χ1n) is 11.0. The van der Waals surface area contributed by atoms with Crippen LogP contribution in [0.25, 0.3) is 39.1 Å². The van der Waals surface area contributed by atoms with E-state index in [4.69, 9.17) is 9.40 Å². The molecule has 3 heteroatoms. The lowest BCUT2D eigenvalue weighted by Crippen LogP contribution is -2.08. The van der Waals surface area contributed by atoms with Crippen molar-refractivity contribution in [3.8, 4) is 17.1 Å². The number of benzene rings is 3. The minimum atomic E-state index is 0.395. The Kier molecular flexibility index (Phi) is 4.70. The molecule has 0 fully saturated rings. The largest absolute Gasteiger partial charge is 0.464 e. The number of para-hydroxylation sites is 3. The van der Waals surface area contributed by atoms with Gasteiger partial charge in [-0.25, -0.2) is 4.98 Å². The van der Waals surface area contributed by atoms with Crippen LogP contribution in [0.15, 0.2) is 71.3 Å². The molecule has 0 unspecified atom stereocenters. The molecular weight excluding hydrogens is 380 g/mol. The molecule has 0 spiro atoms. The van der Waals surface area contributed by atoms with Crippen molar-refractivity contribution < 1.29 is 4.42 Å². The highest BCUT2D eigenvalue weighted by molar-refractivity contribution is 5.95. The monoisotopic (exact) mass is 408 g/mol. The van der Waals surface area contributed by atoms with Crippen molar-refractivity contribution in [2.45, 2.75) is 46.5 Å². The number of nitrogens with zero attached hydrogens (tertiary/aromatic N) is 2. The average molecular weight is 409 g/mol. The fourth-order valence-electron chi connectivity index (χ4n) is 4.51. The summed E-state index contributed by atoms with van der Waals surface area (Å²) in [6, 6.07) is 21.5. The Labute approximate surface area is 183 Å². The van der Waals surface area contributed by atoms with Gasteiger partial charge in [0.1, 0.15) is 17.7 Å². The van der Waals surface area contributed by atoms with Crippen LogP contribution in [0.5, 0.6) is 0 Å². The van der Waals surface area contributed by atoms with E-state index in [0.717, 1.165) is 33.4 Å². The standard InChI is InChI=1S/C28H28N2O/c1-17(2)20-9-8-10-21(18(3)4)27(20)30-25-12-7-6-11-24(25)29-28(30)23-16-31-26-15-19(5)13-14-22(23)26/h6-18H,1-5H3. The molecule has 0 aliphatic carbocycles. The molecule has 0 bridgehead atoms. The van der Waals surface area contributed by atoms with E-state index < -0.39 is 0 Å². The highest BCUT2D eigenvalue weighted by Gasteiger charge is 2.23. The molecule has 0 amide bonds. The lowest BCUT2D eigenvalue weighted by molar-refractivity contribution is 0.616. The van der Waals surface area contributed by atoms with Crippen molar-refractivity contribution in [1.29, 1.82) is 0 Å². The van der Waals surface area contributed by atoms with E-state index in [2.05, 4.69) is 99.8 Å². The van der Waals surface area contributed by atoms with Crippen molar-refractivity contribution >= 4 is 22.0 Å². The lowest BCUT2D eigenvalue weighted by atomic mass is 9.92. The number of hydrogen-bond donors (Lipinski definition) is 0. The van der Waals surface area contributed by atoms with Gasteiger partial charge in [-0.2, -0.15) is 0 Å². The molecule has 5 rings (SSSR count). The first kappa shape index (κ1) is 19.6. The van der Waals surface area contributed by atoms with Crippen molar-refractivity contribution in [1.82, 2.24) is 9.55 Å². The van der Waals surface area contributed by atoms with Crippen LogP contribution in [0, 0.1) is 6.92 Å². The molecule has 3 nitrogen and oxygen atoms in total. The molecule has 0 atom stereocenters. The Bertz CT molecular complexity index is 1380. The Morgan fingerprint density at radius 1 is 0.839 bits per heavy atom. The van der Waals surface area contributed by atoms with Gasteiger partial charge >= 0.3 is 0 Å². The van der Waals surface area contributed by atoms with E-state index in [1.807, 2.05) is 6.26 Å². The van der Waals surface area contributed by atoms with Crippen molar-refractivity contribution in [3.05, 3.63) is 83.6 Å². The van der Waals surface area contributed by atoms with Crippen LogP contribution in [0.4, 0.5) is 0 Å². The van der Waals surface area contributed by atoms with Crippen LogP contribution in [0.3, 0.4) is 0 Å². The fourth-order valence-corrected chi connectivity index (χ4v) is 4.51. The molecular formula is C28H28N2O. The number of aromatic nitrogens is 2. The van der Waals surface area contributed by atoms with Crippen molar-refractivity contribution in [3.63, 3.8) is 0 Å². The van der Waals surface area contributed by atoms with Crippen LogP contribution in [0.1, 0.15) is 56.2 Å². The summed E-state index contributed by atoms with van der Waals surface area (Å²) in [5.74, 6) is 1.72. The van der Waals surface area contributed by atoms with Crippen LogP contribution in [0.2, 0.25) is 0 Å². The topological polar surface area (TPSA) is 31.0 Å². The third-order valence-corrected chi connectivity index (χ3v) is 6.10. The highest BCUT2D eigenvalue weighted by atomic mass is 16.3. The van der Waals surface area contributed by atoms with E-state index in [-0.39, 0.29) is 0 Å². The Balaban J connectivity index is 1.92. The maximum Gasteiger partial charge on any atom is 0.149 e. The molecule has 0 radical (unpaired) electrons. The summed E-state index contributed by atoms with van der Waals surface area (Å²) < 4.78 is 8.32. The molecule has 0 aliphatic rings. The van der Waals surface area contributed by atoms with E-state index in [1.165, 1.54) is 22.4 Å². The van der Waals surface area contributed by atoms with Crippen molar-refractivity contribution in [2.75, 3.05) is 0 Å². The van der Waals surface area contributed by atoms with Gasteiger partial charge in [-0.3, -0.25) is 4.57 Å². The summed E-state index contributed by atoms with van der Waals surface area (Å²) in [4.78, 5) is 5.11. The third-order valence-electron chi connectivity index (χ3n) is 6.10. The van der Waals surface area contributed by atoms with Gasteiger partial charge in [0.15, 0.2) is 0 Å². The Hall–Kier alpha value is -3.33. The van der Waals surface area contributed by atoms with Gasteiger partial charge in [0.2, 0.25) is 0 Å². The summed E-state index contributed by atoms with van der Waals surface area (Å²) in [6.07, 6.45) is 1.86. The van der Waals surface area contributed by atoms with E-state index in [0.29, 0.717) is 11.8 Å². The second kappa shape index (κ2) is 7.42. The molecule has 0 N–H and O–H groups in total. The van der Waals surface area contributed by atoms with Gasteiger partial charge in [-0.1, -0.05) is 70.2 Å². The zero-order valence-corrected chi connectivity index (χ0v) is 18.8. The lowest BCUT2D eigenvalue weighted by Gasteiger charge is -2.22. The molecule has 156 valence electrons. The van der Waals surface area contributed by atoms with Crippen LogP contribution in [-0.2, 0) is 0 Å². The number of rotatable bonds is 4. The molecule has 31 heavy (non-hydrogen) atoms. The Morgan fingerprint density at radius 2 is 1.55 bits per heavy atom. The molecule has 2 aromatic heterocycles. The molecule has 0 aliphatic heterocycles. The Morgan fingerprint density at radius 3 is 2.26 bits per heavy atom. The van der Waals surface area contributed by atoms with Crippen LogP contribution < -0.4 is 0 Å². The first-order valence-corrected chi connectivity index (χ1v) is 11.0. The smallest absolute Gasteiger partial charge is 0.149 e. The first-order chi connectivity index (χ1) is 15.0. The van der Waals surface area contributed by atoms with Gasteiger partial charge in [-0.05, 0) is 53.6 Å². The minimum Gasteiger partial charge on any atom is -0.464 e. The number of hydrogen-bond acceptors (Lipinski definition) is 2. The van der Waals surface area contributed by atoms with Crippen molar-refractivity contribution in [2.24, 2.45) is 0 Å². The summed E-state index contributed by atoms with van der Waals surface area (Å²) in [6.45, 7) is 11.1.